The molecular formula is C20H23ClN2O3. The summed E-state index contributed by atoms with van der Waals surface area (Å²) in [5.74, 6) is 1.95. The van der Waals surface area contributed by atoms with Crippen LogP contribution >= 0.6 is 12.4 Å². The molecule has 0 spiro atoms. The number of carbonyl (C=O) groups excluding carboxylic acids is 1. The van der Waals surface area contributed by atoms with Crippen LogP contribution < -0.4 is 14.8 Å². The van der Waals surface area contributed by atoms with Gasteiger partial charge in [-0.15, -0.1) is 12.4 Å². The van der Waals surface area contributed by atoms with Crippen molar-refractivity contribution in [2.24, 2.45) is 4.99 Å². The van der Waals surface area contributed by atoms with Gasteiger partial charge in [-0.05, 0) is 32.0 Å². The molecule has 1 aliphatic heterocycles. The highest BCUT2D eigenvalue weighted by Crippen LogP contribution is 2.30. The zero-order valence-electron chi connectivity index (χ0n) is 15.0. The molecule has 0 aromatic heterocycles. The number of hydrogen-bond acceptors (Lipinski definition) is 5. The highest BCUT2D eigenvalue weighted by molar-refractivity contribution is 6.16. The summed E-state index contributed by atoms with van der Waals surface area (Å²) in [6, 6.07) is 12.8. The Balaban J connectivity index is 0.00000243. The van der Waals surface area contributed by atoms with Crippen LogP contribution in [0.15, 0.2) is 47.5 Å². The van der Waals surface area contributed by atoms with Gasteiger partial charge in [0.1, 0.15) is 5.84 Å². The van der Waals surface area contributed by atoms with Crippen molar-refractivity contribution in [2.75, 3.05) is 26.3 Å². The van der Waals surface area contributed by atoms with Crippen LogP contribution in [0.1, 0.15) is 35.3 Å². The zero-order valence-corrected chi connectivity index (χ0v) is 15.8. The maximum Gasteiger partial charge on any atom is 0.193 e. The summed E-state index contributed by atoms with van der Waals surface area (Å²) >= 11 is 0. The van der Waals surface area contributed by atoms with E-state index >= 15 is 0 Å². The van der Waals surface area contributed by atoms with Crippen molar-refractivity contribution in [3.63, 3.8) is 0 Å². The molecule has 3 rings (SSSR count). The quantitative estimate of drug-likeness (QED) is 0.754. The predicted octanol–water partition coefficient (Wildman–Crippen LogP) is 3.49. The molecule has 0 bridgehead atoms. The molecule has 0 aliphatic carbocycles. The number of ether oxygens (including phenoxy) is 2. The first-order valence-electron chi connectivity index (χ1n) is 8.56. The van der Waals surface area contributed by atoms with Crippen LogP contribution in [0.3, 0.4) is 0 Å². The second-order valence-corrected chi connectivity index (χ2v) is 5.56. The lowest BCUT2D eigenvalue weighted by Crippen LogP contribution is -2.22. The van der Waals surface area contributed by atoms with Crippen molar-refractivity contribution < 1.29 is 14.3 Å². The van der Waals surface area contributed by atoms with E-state index in [1.165, 1.54) is 0 Å². The highest BCUT2D eigenvalue weighted by Gasteiger charge is 2.19. The SMILES string of the molecule is CCOc1ccc(C(=O)c2ccccc2C2=NCCN2)cc1OCC.Cl. The van der Waals surface area contributed by atoms with Gasteiger partial charge in [0.05, 0.1) is 19.8 Å². The Hall–Kier alpha value is -2.53. The number of halogens is 1. The number of benzene rings is 2. The molecule has 2 aromatic rings. The van der Waals surface area contributed by atoms with Gasteiger partial charge in [0.25, 0.3) is 0 Å². The lowest BCUT2D eigenvalue weighted by Gasteiger charge is -2.13. The van der Waals surface area contributed by atoms with Gasteiger partial charge >= 0.3 is 0 Å². The lowest BCUT2D eigenvalue weighted by atomic mass is 9.97. The number of nitrogens with zero attached hydrogens (tertiary/aromatic N) is 1. The monoisotopic (exact) mass is 374 g/mol. The fourth-order valence-electron chi connectivity index (χ4n) is 2.81. The molecule has 138 valence electrons. The van der Waals surface area contributed by atoms with Crippen molar-refractivity contribution in [2.45, 2.75) is 13.8 Å². The van der Waals surface area contributed by atoms with Crippen molar-refractivity contribution >= 4 is 24.0 Å². The molecule has 0 unspecified atom stereocenters. The van der Waals surface area contributed by atoms with Crippen LogP contribution in [0.2, 0.25) is 0 Å². The van der Waals surface area contributed by atoms with Crippen molar-refractivity contribution in [1.82, 2.24) is 5.32 Å². The number of rotatable bonds is 7. The van der Waals surface area contributed by atoms with E-state index in [9.17, 15) is 4.79 Å². The number of amidine groups is 1. The molecule has 6 heteroatoms. The maximum atomic E-state index is 13.1. The van der Waals surface area contributed by atoms with Gasteiger partial charge in [-0.3, -0.25) is 9.79 Å². The Labute approximate surface area is 159 Å². The summed E-state index contributed by atoms with van der Waals surface area (Å²) in [4.78, 5) is 17.5. The van der Waals surface area contributed by atoms with Gasteiger partial charge in [-0.1, -0.05) is 24.3 Å². The number of carbonyl (C=O) groups is 1. The minimum absolute atomic E-state index is 0. The zero-order chi connectivity index (χ0) is 17.6. The topological polar surface area (TPSA) is 59.9 Å². The summed E-state index contributed by atoms with van der Waals surface area (Å²) in [6.45, 7) is 6.41. The third-order valence-electron chi connectivity index (χ3n) is 3.91. The molecular weight excluding hydrogens is 352 g/mol. The van der Waals surface area contributed by atoms with E-state index in [1.807, 2.05) is 38.1 Å². The van der Waals surface area contributed by atoms with Gasteiger partial charge < -0.3 is 14.8 Å². The van der Waals surface area contributed by atoms with Crippen LogP contribution in [-0.4, -0.2) is 37.9 Å². The highest BCUT2D eigenvalue weighted by atomic mass is 35.5. The Morgan fingerprint density at radius 3 is 2.50 bits per heavy atom. The van der Waals surface area contributed by atoms with Gasteiger partial charge in [-0.25, -0.2) is 0 Å². The Bertz CT molecular complexity index is 805. The second kappa shape index (κ2) is 9.25. The normalized spacial score (nSPS) is 12.6. The minimum Gasteiger partial charge on any atom is -0.490 e. The minimum atomic E-state index is -0.0593. The van der Waals surface area contributed by atoms with Crippen LogP contribution in [0.5, 0.6) is 11.5 Å². The number of nitrogens with one attached hydrogen (secondary N) is 1. The van der Waals surface area contributed by atoms with Crippen LogP contribution in [0, 0.1) is 0 Å². The Morgan fingerprint density at radius 1 is 1.08 bits per heavy atom. The maximum absolute atomic E-state index is 13.1. The molecule has 0 atom stereocenters. The van der Waals surface area contributed by atoms with Crippen LogP contribution in [0.4, 0.5) is 0 Å². The first kappa shape index (κ1) is 19.8. The van der Waals surface area contributed by atoms with E-state index in [0.29, 0.717) is 35.8 Å². The third-order valence-corrected chi connectivity index (χ3v) is 3.91. The summed E-state index contributed by atoms with van der Waals surface area (Å²) in [5.41, 5.74) is 2.03. The largest absolute Gasteiger partial charge is 0.490 e. The molecule has 0 radical (unpaired) electrons. The lowest BCUT2D eigenvalue weighted by molar-refractivity contribution is 0.103. The third kappa shape index (κ3) is 4.17. The van der Waals surface area contributed by atoms with Crippen LogP contribution in [0.25, 0.3) is 0 Å². The molecule has 1 aliphatic rings. The molecule has 0 fully saturated rings. The molecule has 26 heavy (non-hydrogen) atoms. The van der Waals surface area contributed by atoms with E-state index in [0.717, 1.165) is 24.5 Å². The molecule has 0 saturated carbocycles. The standard InChI is InChI=1S/C20H22N2O3.ClH/c1-3-24-17-10-9-14(13-18(17)25-4-2)19(23)15-7-5-6-8-16(15)20-21-11-12-22-20;/h5-10,13H,3-4,11-12H2,1-2H3,(H,21,22);1H. The van der Waals surface area contributed by atoms with E-state index in [1.54, 1.807) is 18.2 Å². The molecule has 1 N–H and O–H groups in total. The first-order valence-corrected chi connectivity index (χ1v) is 8.56. The average molecular weight is 375 g/mol. The van der Waals surface area contributed by atoms with Gasteiger partial charge in [0, 0.05) is 23.2 Å². The fourth-order valence-corrected chi connectivity index (χ4v) is 2.81. The van der Waals surface area contributed by atoms with Crippen LogP contribution in [-0.2, 0) is 0 Å². The molecule has 5 nitrogen and oxygen atoms in total. The van der Waals surface area contributed by atoms with Crippen molar-refractivity contribution in [3.05, 3.63) is 59.2 Å². The number of hydrogen-bond donors (Lipinski definition) is 1. The van der Waals surface area contributed by atoms with Gasteiger partial charge in [0.2, 0.25) is 0 Å². The van der Waals surface area contributed by atoms with E-state index in [4.69, 9.17) is 9.47 Å². The summed E-state index contributed by atoms with van der Waals surface area (Å²) in [7, 11) is 0. The summed E-state index contributed by atoms with van der Waals surface area (Å²) < 4.78 is 11.2. The summed E-state index contributed by atoms with van der Waals surface area (Å²) in [5, 5.41) is 3.23. The van der Waals surface area contributed by atoms with Crippen molar-refractivity contribution in [3.8, 4) is 11.5 Å². The predicted molar refractivity (Wildman–Crippen MR) is 105 cm³/mol. The van der Waals surface area contributed by atoms with Gasteiger partial charge in [0.15, 0.2) is 17.3 Å². The summed E-state index contributed by atoms with van der Waals surface area (Å²) in [6.07, 6.45) is 0. The van der Waals surface area contributed by atoms with E-state index in [2.05, 4.69) is 10.3 Å². The number of ketones is 1. The smallest absolute Gasteiger partial charge is 0.193 e. The average Bonchev–Trinajstić information content (AvgIpc) is 3.17. The molecule has 0 amide bonds. The Kier molecular flexibility index (Phi) is 7.04. The Morgan fingerprint density at radius 2 is 1.81 bits per heavy atom. The molecule has 1 heterocycles. The van der Waals surface area contributed by atoms with Gasteiger partial charge in [-0.2, -0.15) is 0 Å². The fraction of sp³-hybridized carbons (Fsp3) is 0.300. The van der Waals surface area contributed by atoms with E-state index in [-0.39, 0.29) is 18.2 Å². The van der Waals surface area contributed by atoms with Crippen molar-refractivity contribution in [1.29, 1.82) is 0 Å². The first-order chi connectivity index (χ1) is 12.2. The second-order valence-electron chi connectivity index (χ2n) is 5.56. The molecule has 0 saturated heterocycles. The number of aliphatic imine (C=N–C) groups is 1. The van der Waals surface area contributed by atoms with E-state index < -0.39 is 0 Å². The molecule has 2 aromatic carbocycles.